The Morgan fingerprint density at radius 1 is 1.04 bits per heavy atom. The van der Waals surface area contributed by atoms with E-state index in [1.54, 1.807) is 12.1 Å². The number of esters is 1. The molecule has 0 radical (unpaired) electrons. The van der Waals surface area contributed by atoms with Crippen LogP contribution in [0.1, 0.15) is 22.8 Å². The number of benzene rings is 2. The Labute approximate surface area is 148 Å². The molecule has 0 unspecified atom stereocenters. The Balaban J connectivity index is 2.32. The summed E-state index contributed by atoms with van der Waals surface area (Å²) in [6.45, 7) is 3.14. The summed E-state index contributed by atoms with van der Waals surface area (Å²) in [6, 6.07) is 8.39. The van der Waals surface area contributed by atoms with Gasteiger partial charge in [-0.15, -0.1) is 0 Å². The molecule has 2 aromatic rings. The van der Waals surface area contributed by atoms with Crippen LogP contribution in [0.2, 0.25) is 15.1 Å². The number of halogens is 3. The largest absolute Gasteiger partial charge is 0.423 e. The van der Waals surface area contributed by atoms with Crippen LogP contribution >= 0.6 is 34.8 Å². The molecule has 0 fully saturated rings. The maximum absolute atomic E-state index is 12.2. The molecule has 1 N–H and O–H groups in total. The summed E-state index contributed by atoms with van der Waals surface area (Å²) < 4.78 is 4.91. The SMILES string of the molecule is CC(=O)Oc1c(Cl)cc(NC(=O)c2ccc(C)cc2)c(Cl)c1Cl. The molecule has 0 saturated heterocycles. The van der Waals surface area contributed by atoms with Gasteiger partial charge in [0.05, 0.1) is 15.7 Å². The molecule has 0 heterocycles. The first-order valence-electron chi connectivity index (χ1n) is 6.53. The summed E-state index contributed by atoms with van der Waals surface area (Å²) in [5.74, 6) is -0.986. The third-order valence-corrected chi connectivity index (χ3v) is 4.05. The third kappa shape index (κ3) is 4.16. The highest BCUT2D eigenvalue weighted by molar-refractivity contribution is 6.47. The van der Waals surface area contributed by atoms with E-state index in [4.69, 9.17) is 39.5 Å². The fourth-order valence-corrected chi connectivity index (χ4v) is 2.53. The lowest BCUT2D eigenvalue weighted by Gasteiger charge is -2.13. The number of hydrogen-bond acceptors (Lipinski definition) is 3. The molecular formula is C16H12Cl3NO3. The van der Waals surface area contributed by atoms with Crippen molar-refractivity contribution in [1.29, 1.82) is 0 Å². The number of amides is 1. The topological polar surface area (TPSA) is 55.4 Å². The van der Waals surface area contributed by atoms with Crippen LogP contribution in [0.25, 0.3) is 0 Å². The molecule has 0 spiro atoms. The Morgan fingerprint density at radius 2 is 1.65 bits per heavy atom. The Morgan fingerprint density at radius 3 is 2.22 bits per heavy atom. The smallest absolute Gasteiger partial charge is 0.308 e. The van der Waals surface area contributed by atoms with Gasteiger partial charge in [0.25, 0.3) is 5.91 Å². The number of hydrogen-bond donors (Lipinski definition) is 1. The van der Waals surface area contributed by atoms with Gasteiger partial charge in [0.15, 0.2) is 5.75 Å². The molecule has 4 nitrogen and oxygen atoms in total. The molecule has 2 aromatic carbocycles. The monoisotopic (exact) mass is 371 g/mol. The standard InChI is InChI=1S/C16H12Cl3NO3/c1-8-3-5-10(6-4-8)16(22)20-12-7-11(17)15(23-9(2)21)14(19)13(12)18/h3-7H,1-2H3,(H,20,22). The van der Waals surface area contributed by atoms with E-state index in [0.717, 1.165) is 5.56 Å². The maximum atomic E-state index is 12.2. The van der Waals surface area contributed by atoms with Crippen molar-refractivity contribution in [2.24, 2.45) is 0 Å². The lowest BCUT2D eigenvalue weighted by Crippen LogP contribution is -2.12. The second-order valence-electron chi connectivity index (χ2n) is 4.78. The minimum Gasteiger partial charge on any atom is -0.423 e. The average Bonchev–Trinajstić information content (AvgIpc) is 2.49. The minimum absolute atomic E-state index is 0.0350. The first-order chi connectivity index (χ1) is 10.8. The number of aryl methyl sites for hydroxylation is 1. The molecule has 0 bridgehead atoms. The van der Waals surface area contributed by atoms with Crippen LogP contribution < -0.4 is 10.1 Å². The van der Waals surface area contributed by atoms with Gasteiger partial charge in [-0.1, -0.05) is 52.5 Å². The van der Waals surface area contributed by atoms with Gasteiger partial charge in [-0.05, 0) is 25.1 Å². The molecule has 7 heteroatoms. The van der Waals surface area contributed by atoms with Crippen LogP contribution in [0.5, 0.6) is 5.75 Å². The van der Waals surface area contributed by atoms with E-state index < -0.39 is 5.97 Å². The van der Waals surface area contributed by atoms with Crippen LogP contribution in [0.3, 0.4) is 0 Å². The van der Waals surface area contributed by atoms with Crippen molar-refractivity contribution in [3.05, 3.63) is 56.5 Å². The van der Waals surface area contributed by atoms with Crippen molar-refractivity contribution in [3.63, 3.8) is 0 Å². The molecule has 0 saturated carbocycles. The molecule has 0 aliphatic heterocycles. The molecule has 2 rings (SSSR count). The van der Waals surface area contributed by atoms with Crippen LogP contribution in [-0.2, 0) is 4.79 Å². The van der Waals surface area contributed by atoms with Gasteiger partial charge in [0.2, 0.25) is 0 Å². The molecule has 0 atom stereocenters. The minimum atomic E-state index is -0.582. The predicted octanol–water partition coefficient (Wildman–Crippen LogP) is 5.13. The summed E-state index contributed by atoms with van der Waals surface area (Å²) in [6.07, 6.45) is 0. The lowest BCUT2D eigenvalue weighted by molar-refractivity contribution is -0.131. The van der Waals surface area contributed by atoms with E-state index in [0.29, 0.717) is 5.56 Å². The molecule has 23 heavy (non-hydrogen) atoms. The predicted molar refractivity (Wildman–Crippen MR) is 91.9 cm³/mol. The highest BCUT2D eigenvalue weighted by atomic mass is 35.5. The summed E-state index contributed by atoms with van der Waals surface area (Å²) in [7, 11) is 0. The van der Waals surface area contributed by atoms with Gasteiger partial charge in [0.1, 0.15) is 5.02 Å². The van der Waals surface area contributed by atoms with Crippen LogP contribution in [0.4, 0.5) is 5.69 Å². The van der Waals surface area contributed by atoms with Gasteiger partial charge in [0, 0.05) is 12.5 Å². The van der Waals surface area contributed by atoms with Crippen molar-refractivity contribution in [3.8, 4) is 5.75 Å². The number of anilines is 1. The second kappa shape index (κ2) is 7.21. The van der Waals surface area contributed by atoms with E-state index in [9.17, 15) is 9.59 Å². The normalized spacial score (nSPS) is 10.3. The van der Waals surface area contributed by atoms with Crippen LogP contribution in [-0.4, -0.2) is 11.9 Å². The van der Waals surface area contributed by atoms with Crippen molar-refractivity contribution in [2.75, 3.05) is 5.32 Å². The summed E-state index contributed by atoms with van der Waals surface area (Å²) in [5.41, 5.74) is 1.72. The summed E-state index contributed by atoms with van der Waals surface area (Å²) in [4.78, 5) is 23.3. The highest BCUT2D eigenvalue weighted by Crippen LogP contribution is 2.43. The summed E-state index contributed by atoms with van der Waals surface area (Å²) >= 11 is 18.2. The molecule has 0 aromatic heterocycles. The number of carbonyl (C=O) groups is 2. The number of carbonyl (C=O) groups excluding carboxylic acids is 2. The van der Waals surface area contributed by atoms with Crippen molar-refractivity contribution in [1.82, 2.24) is 0 Å². The van der Waals surface area contributed by atoms with Gasteiger partial charge >= 0.3 is 5.97 Å². The van der Waals surface area contributed by atoms with Gasteiger partial charge < -0.3 is 10.1 Å². The fourth-order valence-electron chi connectivity index (χ4n) is 1.81. The molecule has 0 aliphatic rings. The van der Waals surface area contributed by atoms with Gasteiger partial charge in [-0.3, -0.25) is 9.59 Å². The Hall–Kier alpha value is -1.75. The molecular weight excluding hydrogens is 361 g/mol. The van der Waals surface area contributed by atoms with Gasteiger partial charge in [-0.25, -0.2) is 0 Å². The fraction of sp³-hybridized carbons (Fsp3) is 0.125. The van der Waals surface area contributed by atoms with Crippen molar-refractivity contribution < 1.29 is 14.3 Å². The van der Waals surface area contributed by atoms with Gasteiger partial charge in [-0.2, -0.15) is 0 Å². The van der Waals surface area contributed by atoms with E-state index in [2.05, 4.69) is 5.32 Å². The highest BCUT2D eigenvalue weighted by Gasteiger charge is 2.19. The first kappa shape index (κ1) is 17.6. The quantitative estimate of drug-likeness (QED) is 0.461. The number of ether oxygens (including phenoxy) is 1. The second-order valence-corrected chi connectivity index (χ2v) is 5.94. The van der Waals surface area contributed by atoms with E-state index in [1.165, 1.54) is 13.0 Å². The Bertz CT molecular complexity index is 773. The first-order valence-corrected chi connectivity index (χ1v) is 7.67. The maximum Gasteiger partial charge on any atom is 0.308 e. The molecule has 1 amide bonds. The van der Waals surface area contributed by atoms with Crippen LogP contribution in [0.15, 0.2) is 30.3 Å². The lowest BCUT2D eigenvalue weighted by atomic mass is 10.1. The van der Waals surface area contributed by atoms with E-state index in [1.807, 2.05) is 19.1 Å². The zero-order valence-electron chi connectivity index (χ0n) is 12.2. The Kier molecular flexibility index (Phi) is 5.52. The van der Waals surface area contributed by atoms with Crippen LogP contribution in [0, 0.1) is 6.92 Å². The third-order valence-electron chi connectivity index (χ3n) is 2.92. The molecule has 120 valence electrons. The average molecular weight is 373 g/mol. The van der Waals surface area contributed by atoms with Crippen molar-refractivity contribution >= 4 is 52.4 Å². The number of rotatable bonds is 3. The molecule has 0 aliphatic carbocycles. The summed E-state index contributed by atoms with van der Waals surface area (Å²) in [5, 5.41) is 2.68. The van der Waals surface area contributed by atoms with Crippen molar-refractivity contribution in [2.45, 2.75) is 13.8 Å². The van der Waals surface area contributed by atoms with E-state index in [-0.39, 0.29) is 32.4 Å². The zero-order valence-corrected chi connectivity index (χ0v) is 14.5. The van der Waals surface area contributed by atoms with E-state index >= 15 is 0 Å². The number of nitrogens with one attached hydrogen (secondary N) is 1. The zero-order chi connectivity index (χ0) is 17.1.